The van der Waals surface area contributed by atoms with Crippen molar-refractivity contribution in [2.75, 3.05) is 0 Å². The summed E-state index contributed by atoms with van der Waals surface area (Å²) in [6.45, 7) is 2.62. The average molecular weight is 159 g/mol. The molecule has 1 N–H and O–H groups in total. The van der Waals surface area contributed by atoms with Crippen LogP contribution in [0.2, 0.25) is 0 Å². The van der Waals surface area contributed by atoms with Gasteiger partial charge in [-0.1, -0.05) is 0 Å². The minimum Gasteiger partial charge on any atom is -0.481 e. The molecule has 0 unspecified atom stereocenters. The Hall–Kier alpha value is -1.06. The van der Waals surface area contributed by atoms with E-state index in [1.807, 2.05) is 0 Å². The van der Waals surface area contributed by atoms with Gasteiger partial charge in [-0.3, -0.25) is 9.59 Å². The number of carbonyl (C=O) groups excluding carboxylic acids is 1. The number of carboxylic acids is 1. The van der Waals surface area contributed by atoms with Crippen molar-refractivity contribution in [1.82, 2.24) is 0 Å². The summed E-state index contributed by atoms with van der Waals surface area (Å²) in [5.41, 5.74) is 0. The van der Waals surface area contributed by atoms with Gasteiger partial charge in [0.15, 0.2) is 0 Å². The summed E-state index contributed by atoms with van der Waals surface area (Å²) in [6, 6.07) is 0. The Kier molecular flexibility index (Phi) is 5.15. The molecule has 0 fully saturated rings. The monoisotopic (exact) mass is 159 g/mol. The summed E-state index contributed by atoms with van der Waals surface area (Å²) in [5, 5.41) is 8.20. The summed E-state index contributed by atoms with van der Waals surface area (Å²) >= 11 is 0. The van der Waals surface area contributed by atoms with Gasteiger partial charge >= 0.3 is 11.9 Å². The summed E-state index contributed by atoms with van der Waals surface area (Å²) in [7, 11) is 0. The topological polar surface area (TPSA) is 63.6 Å². The molecule has 0 saturated carbocycles. The van der Waals surface area contributed by atoms with Crippen LogP contribution in [-0.4, -0.2) is 17.0 Å². The zero-order chi connectivity index (χ0) is 8.69. The largest absolute Gasteiger partial charge is 0.481 e. The van der Waals surface area contributed by atoms with E-state index in [-0.39, 0.29) is 12.4 Å². The number of esters is 1. The highest BCUT2D eigenvalue weighted by Gasteiger charge is 1.97. The van der Waals surface area contributed by atoms with Crippen LogP contribution in [0, 0.1) is 6.61 Å². The summed E-state index contributed by atoms with van der Waals surface area (Å²) in [4.78, 5) is 20.1. The number of hydrogen-bond donors (Lipinski definition) is 1. The van der Waals surface area contributed by atoms with E-state index in [9.17, 15) is 9.59 Å². The Balaban J connectivity index is 3.03. The van der Waals surface area contributed by atoms with E-state index < -0.39 is 5.97 Å². The first-order chi connectivity index (χ1) is 5.13. The van der Waals surface area contributed by atoms with Gasteiger partial charge in [-0.25, -0.2) is 0 Å². The first-order valence-electron chi connectivity index (χ1n) is 3.33. The van der Waals surface area contributed by atoms with Crippen LogP contribution in [0.1, 0.15) is 26.2 Å². The van der Waals surface area contributed by atoms with E-state index in [0.717, 1.165) is 0 Å². The van der Waals surface area contributed by atoms with Crippen LogP contribution >= 0.6 is 0 Å². The van der Waals surface area contributed by atoms with Crippen molar-refractivity contribution < 1.29 is 19.4 Å². The van der Waals surface area contributed by atoms with Gasteiger partial charge in [0.2, 0.25) is 0 Å². The normalized spacial score (nSPS) is 9.18. The Morgan fingerprint density at radius 1 is 1.55 bits per heavy atom. The highest BCUT2D eigenvalue weighted by Crippen LogP contribution is 1.99. The lowest BCUT2D eigenvalue weighted by molar-refractivity contribution is -0.137. The Labute approximate surface area is 65.2 Å². The van der Waals surface area contributed by atoms with Crippen molar-refractivity contribution in [3.05, 3.63) is 6.61 Å². The van der Waals surface area contributed by atoms with Crippen LogP contribution in [0.25, 0.3) is 0 Å². The SMILES string of the molecule is CC(=O)O[CH]CCCC(=O)O. The van der Waals surface area contributed by atoms with Crippen LogP contribution in [0.5, 0.6) is 0 Å². The minimum absolute atomic E-state index is 0.109. The molecule has 1 radical (unpaired) electrons. The fraction of sp³-hybridized carbons (Fsp3) is 0.571. The highest BCUT2D eigenvalue weighted by molar-refractivity contribution is 5.67. The lowest BCUT2D eigenvalue weighted by atomic mass is 10.2. The van der Waals surface area contributed by atoms with E-state index in [4.69, 9.17) is 5.11 Å². The van der Waals surface area contributed by atoms with Crippen molar-refractivity contribution in [3.63, 3.8) is 0 Å². The third-order valence-corrected chi connectivity index (χ3v) is 0.962. The second-order valence-corrected chi connectivity index (χ2v) is 2.06. The van der Waals surface area contributed by atoms with Crippen LogP contribution in [0.4, 0.5) is 0 Å². The molecule has 0 amide bonds. The van der Waals surface area contributed by atoms with E-state index in [2.05, 4.69) is 4.74 Å². The minimum atomic E-state index is -0.832. The molecule has 0 aliphatic carbocycles. The van der Waals surface area contributed by atoms with Crippen LogP contribution in [0.3, 0.4) is 0 Å². The lowest BCUT2D eigenvalue weighted by Crippen LogP contribution is -1.97. The quantitative estimate of drug-likeness (QED) is 0.479. The molecule has 4 nitrogen and oxygen atoms in total. The number of hydrogen-bond acceptors (Lipinski definition) is 3. The standard InChI is InChI=1S/C7H11O4/c1-6(8)11-5-3-2-4-7(9)10/h5H,2-4H2,1H3,(H,9,10). The van der Waals surface area contributed by atoms with Gasteiger partial charge in [-0.15, -0.1) is 0 Å². The molecule has 11 heavy (non-hydrogen) atoms. The molecule has 63 valence electrons. The van der Waals surface area contributed by atoms with E-state index in [0.29, 0.717) is 12.8 Å². The van der Waals surface area contributed by atoms with Crippen molar-refractivity contribution in [3.8, 4) is 0 Å². The van der Waals surface area contributed by atoms with Crippen molar-refractivity contribution in [1.29, 1.82) is 0 Å². The zero-order valence-corrected chi connectivity index (χ0v) is 6.37. The molecule has 0 heterocycles. The predicted octanol–water partition coefficient (Wildman–Crippen LogP) is 0.966. The van der Waals surface area contributed by atoms with E-state index in [1.165, 1.54) is 13.5 Å². The fourth-order valence-corrected chi connectivity index (χ4v) is 0.513. The number of rotatable bonds is 5. The van der Waals surface area contributed by atoms with Gasteiger partial charge in [0.1, 0.15) is 6.61 Å². The molecule has 4 heteroatoms. The van der Waals surface area contributed by atoms with Crippen molar-refractivity contribution >= 4 is 11.9 Å². The summed E-state index contributed by atoms with van der Waals surface area (Å²) in [5.74, 6) is -1.21. The number of ether oxygens (including phenoxy) is 1. The molecule has 0 aromatic carbocycles. The number of aliphatic carboxylic acids is 1. The maximum Gasteiger partial charge on any atom is 0.303 e. The van der Waals surface area contributed by atoms with E-state index in [1.54, 1.807) is 0 Å². The molecule has 0 aromatic rings. The van der Waals surface area contributed by atoms with Crippen LogP contribution in [0.15, 0.2) is 0 Å². The second kappa shape index (κ2) is 5.70. The van der Waals surface area contributed by atoms with Gasteiger partial charge in [-0.05, 0) is 12.8 Å². The molecular weight excluding hydrogens is 148 g/mol. The summed E-state index contributed by atoms with van der Waals surface area (Å²) < 4.78 is 4.47. The van der Waals surface area contributed by atoms with Crippen LogP contribution < -0.4 is 0 Å². The first kappa shape index (κ1) is 9.94. The third-order valence-electron chi connectivity index (χ3n) is 0.962. The van der Waals surface area contributed by atoms with Gasteiger partial charge < -0.3 is 9.84 Å². The van der Waals surface area contributed by atoms with Gasteiger partial charge in [-0.2, -0.15) is 0 Å². The third kappa shape index (κ3) is 8.94. The van der Waals surface area contributed by atoms with Gasteiger partial charge in [0.25, 0.3) is 0 Å². The van der Waals surface area contributed by atoms with E-state index >= 15 is 0 Å². The lowest BCUT2D eigenvalue weighted by Gasteiger charge is -1.97. The molecule has 0 aliphatic heterocycles. The van der Waals surface area contributed by atoms with Crippen molar-refractivity contribution in [2.24, 2.45) is 0 Å². The molecule has 0 rings (SSSR count). The molecule has 0 bridgehead atoms. The number of unbranched alkanes of at least 4 members (excludes halogenated alkanes) is 1. The highest BCUT2D eigenvalue weighted by atomic mass is 16.5. The molecule has 0 atom stereocenters. The zero-order valence-electron chi connectivity index (χ0n) is 6.37. The number of carboxylic acid groups (broad SMARTS) is 1. The molecule has 0 saturated heterocycles. The van der Waals surface area contributed by atoms with Gasteiger partial charge in [0.05, 0.1) is 0 Å². The second-order valence-electron chi connectivity index (χ2n) is 2.06. The first-order valence-corrected chi connectivity index (χ1v) is 3.33. The average Bonchev–Trinajstić information content (AvgIpc) is 1.85. The number of carbonyl (C=O) groups is 2. The molecule has 0 aliphatic rings. The molecule has 0 aromatic heterocycles. The Morgan fingerprint density at radius 2 is 2.18 bits per heavy atom. The molecular formula is C7H11O4. The summed E-state index contributed by atoms with van der Waals surface area (Å²) in [6.07, 6.45) is 1.10. The fourth-order valence-electron chi connectivity index (χ4n) is 0.513. The van der Waals surface area contributed by atoms with Crippen molar-refractivity contribution in [2.45, 2.75) is 26.2 Å². The van der Waals surface area contributed by atoms with Crippen LogP contribution in [-0.2, 0) is 14.3 Å². The van der Waals surface area contributed by atoms with Gasteiger partial charge in [0, 0.05) is 13.3 Å². The molecule has 0 spiro atoms. The maximum absolute atomic E-state index is 10.2. The Bertz CT molecular complexity index is 125. The smallest absolute Gasteiger partial charge is 0.303 e. The maximum atomic E-state index is 10.2. The predicted molar refractivity (Wildman–Crippen MR) is 37.6 cm³/mol. The Morgan fingerprint density at radius 3 is 2.64 bits per heavy atom.